The number of hydrogen-bond acceptors (Lipinski definition) is 4. The Kier molecular flexibility index (Phi) is 4.66. The fourth-order valence-electron chi connectivity index (χ4n) is 2.41. The molecule has 1 heterocycles. The van der Waals surface area contributed by atoms with Gasteiger partial charge in [-0.05, 0) is 18.2 Å². The zero-order valence-electron chi connectivity index (χ0n) is 12.4. The number of rotatable bonds is 4. The molecule has 122 valence electrons. The average Bonchev–Trinajstić information content (AvgIpc) is 2.89. The summed E-state index contributed by atoms with van der Waals surface area (Å²) in [6.45, 7) is 0. The van der Waals surface area contributed by atoms with Crippen molar-refractivity contribution in [2.24, 2.45) is 0 Å². The molecule has 0 saturated carbocycles. The summed E-state index contributed by atoms with van der Waals surface area (Å²) in [5.74, 6) is -0.945. The summed E-state index contributed by atoms with van der Waals surface area (Å²) in [6.07, 6.45) is 0.290. The van der Waals surface area contributed by atoms with Crippen LogP contribution in [-0.2, 0) is 6.42 Å². The fraction of sp³-hybridized carbons (Fsp3) is 0.0588. The molecule has 0 bridgehead atoms. The molecular weight excluding hydrogens is 392 g/mol. The van der Waals surface area contributed by atoms with Gasteiger partial charge in [0.05, 0.1) is 6.42 Å². The lowest BCUT2D eigenvalue weighted by molar-refractivity contribution is 0.0702. The molecule has 0 amide bonds. The van der Waals surface area contributed by atoms with Gasteiger partial charge in [-0.2, -0.15) is 4.98 Å². The van der Waals surface area contributed by atoms with E-state index in [1.807, 2.05) is 18.2 Å². The number of benzene rings is 2. The highest BCUT2D eigenvalue weighted by atomic mass is 79.9. The van der Waals surface area contributed by atoms with Gasteiger partial charge in [0, 0.05) is 15.6 Å². The van der Waals surface area contributed by atoms with Crippen LogP contribution >= 0.6 is 26.6 Å². The van der Waals surface area contributed by atoms with E-state index in [-0.39, 0.29) is 17.0 Å². The van der Waals surface area contributed by atoms with Crippen molar-refractivity contribution < 1.29 is 15.0 Å². The summed E-state index contributed by atoms with van der Waals surface area (Å²) in [6, 6.07) is 14.2. The van der Waals surface area contributed by atoms with Crippen molar-refractivity contribution in [2.75, 3.05) is 5.14 Å². The monoisotopic (exact) mass is 405 g/mol. The number of nitrogens with two attached hydrogens (primary N) is 1. The quantitative estimate of drug-likeness (QED) is 0.570. The Balaban J connectivity index is 2.10. The van der Waals surface area contributed by atoms with Crippen LogP contribution in [-0.4, -0.2) is 21.2 Å². The van der Waals surface area contributed by atoms with Gasteiger partial charge in [0.2, 0.25) is 0 Å². The molecule has 5 nitrogen and oxygen atoms in total. The molecule has 1 unspecified atom stereocenters. The van der Waals surface area contributed by atoms with Crippen molar-refractivity contribution in [1.82, 2.24) is 4.98 Å². The molecule has 3 aromatic rings. The lowest BCUT2D eigenvalue weighted by Gasteiger charge is -2.01. The maximum atomic E-state index is 11.7. The maximum absolute atomic E-state index is 11.7. The van der Waals surface area contributed by atoms with E-state index in [1.54, 1.807) is 30.3 Å². The number of carboxylic acid groups (broad SMARTS) is 1. The highest BCUT2D eigenvalue weighted by Crippen LogP contribution is 2.35. The molecule has 7 heteroatoms. The molecule has 2 aromatic carbocycles. The predicted molar refractivity (Wildman–Crippen MR) is 97.9 cm³/mol. The third kappa shape index (κ3) is 3.19. The van der Waals surface area contributed by atoms with E-state index in [9.17, 15) is 15.0 Å². The number of aromatic nitrogens is 1. The summed E-state index contributed by atoms with van der Waals surface area (Å²) in [5, 5.41) is 26.2. The van der Waals surface area contributed by atoms with Crippen molar-refractivity contribution in [3.05, 3.63) is 68.5 Å². The van der Waals surface area contributed by atoms with Crippen LogP contribution in [0, 0.1) is 0 Å². The minimum atomic E-state index is -1.12. The Morgan fingerprint density at radius 1 is 1.21 bits per heavy atom. The topological polar surface area (TPSA) is 96.4 Å². The van der Waals surface area contributed by atoms with Crippen LogP contribution in [0.3, 0.4) is 0 Å². The Morgan fingerprint density at radius 2 is 1.92 bits per heavy atom. The van der Waals surface area contributed by atoms with Crippen LogP contribution in [0.25, 0.3) is 11.3 Å². The molecule has 4 N–H and O–H groups in total. The number of thiazole rings is 1. The molecular formula is C17H14BrN2O3S+. The molecule has 0 aliphatic carbocycles. The van der Waals surface area contributed by atoms with E-state index in [0.717, 1.165) is 4.47 Å². The lowest BCUT2D eigenvalue weighted by Crippen LogP contribution is -2.00. The van der Waals surface area contributed by atoms with Gasteiger partial charge in [-0.25, -0.2) is 4.79 Å². The van der Waals surface area contributed by atoms with Crippen LogP contribution in [0.2, 0.25) is 0 Å². The number of aromatic hydroxyl groups is 1. The standard InChI is InChI=1S/C17H13BrN2O3S/c18-12-6-7-13(21)11(8-12)9-14-20-15(10-4-2-1-3-5-10)16(17(22)23)24(14)19/h1-8H,9,19H2,(H-,21,22,23)/p+1. The second kappa shape index (κ2) is 6.72. The van der Waals surface area contributed by atoms with Gasteiger partial charge in [-0.15, -0.1) is 5.14 Å². The second-order valence-corrected chi connectivity index (χ2v) is 7.61. The number of nitrogens with zero attached hydrogens (tertiary/aromatic N) is 1. The minimum absolute atomic E-state index is 0.102. The zero-order chi connectivity index (χ0) is 17.3. The second-order valence-electron chi connectivity index (χ2n) is 5.14. The van der Waals surface area contributed by atoms with Gasteiger partial charge in [0.15, 0.2) is 0 Å². The SMILES string of the molecule is N[s+]1c(Cc2cc(Br)ccc2O)nc(-c2ccccc2)c1C(=O)O. The van der Waals surface area contributed by atoms with Crippen molar-refractivity contribution >= 4 is 32.6 Å². The third-order valence-corrected chi connectivity index (χ3v) is 5.59. The Morgan fingerprint density at radius 3 is 2.58 bits per heavy atom. The molecule has 24 heavy (non-hydrogen) atoms. The van der Waals surface area contributed by atoms with Gasteiger partial charge < -0.3 is 10.2 Å². The maximum Gasteiger partial charge on any atom is 0.393 e. The highest BCUT2D eigenvalue weighted by molar-refractivity contribution is 9.10. The fourth-order valence-corrected chi connectivity index (χ4v) is 4.11. The number of halogens is 1. The summed E-state index contributed by atoms with van der Waals surface area (Å²) in [4.78, 5) is 16.2. The third-order valence-electron chi connectivity index (χ3n) is 3.55. The van der Waals surface area contributed by atoms with Gasteiger partial charge in [-0.1, -0.05) is 46.3 Å². The summed E-state index contributed by atoms with van der Waals surface area (Å²) in [5.41, 5.74) is 1.75. The molecule has 0 saturated heterocycles. The van der Waals surface area contributed by atoms with Crippen molar-refractivity contribution in [2.45, 2.75) is 6.42 Å². The van der Waals surface area contributed by atoms with E-state index in [1.165, 1.54) is 0 Å². The summed E-state index contributed by atoms with van der Waals surface area (Å²) in [7, 11) is -1.12. The van der Waals surface area contributed by atoms with Gasteiger partial charge in [0.1, 0.15) is 22.1 Å². The Bertz CT molecular complexity index is 910. The van der Waals surface area contributed by atoms with Gasteiger partial charge in [-0.3, -0.25) is 0 Å². The molecule has 0 aliphatic heterocycles. The molecule has 0 radical (unpaired) electrons. The first-order valence-corrected chi connectivity index (χ1v) is 9.12. The van der Waals surface area contributed by atoms with Gasteiger partial charge >= 0.3 is 10.8 Å². The Hall–Kier alpha value is -2.22. The average molecular weight is 406 g/mol. The highest BCUT2D eigenvalue weighted by Gasteiger charge is 2.33. The largest absolute Gasteiger partial charge is 0.508 e. The van der Waals surface area contributed by atoms with E-state index < -0.39 is 16.6 Å². The number of hydrogen-bond donors (Lipinski definition) is 3. The van der Waals surface area contributed by atoms with Crippen LogP contribution in [0.15, 0.2) is 53.0 Å². The molecule has 3 rings (SSSR count). The number of carbonyl (C=O) groups is 1. The van der Waals surface area contributed by atoms with Crippen LogP contribution < -0.4 is 5.14 Å². The van der Waals surface area contributed by atoms with E-state index in [4.69, 9.17) is 5.14 Å². The first-order chi connectivity index (χ1) is 11.5. The summed E-state index contributed by atoms with van der Waals surface area (Å²) >= 11 is 3.36. The lowest BCUT2D eigenvalue weighted by atomic mass is 10.1. The zero-order valence-corrected chi connectivity index (χ0v) is 14.8. The van der Waals surface area contributed by atoms with Gasteiger partial charge in [0.25, 0.3) is 5.01 Å². The summed E-state index contributed by atoms with van der Waals surface area (Å²) < 4.78 is 0.820. The number of aromatic carboxylic acids is 1. The number of phenolic OH excluding ortho intramolecular Hbond substituents is 1. The van der Waals surface area contributed by atoms with E-state index >= 15 is 0 Å². The van der Waals surface area contributed by atoms with Crippen molar-refractivity contribution in [3.63, 3.8) is 0 Å². The van der Waals surface area contributed by atoms with Crippen LogP contribution in [0.1, 0.15) is 20.2 Å². The smallest absolute Gasteiger partial charge is 0.393 e. The number of phenols is 1. The first-order valence-electron chi connectivity index (χ1n) is 7.04. The number of nitrogen functional groups attached to an aromatic ring is 1. The van der Waals surface area contributed by atoms with E-state index in [2.05, 4.69) is 20.9 Å². The molecule has 1 aromatic heterocycles. The predicted octanol–water partition coefficient (Wildman–Crippen LogP) is 3.97. The molecule has 0 aliphatic rings. The van der Waals surface area contributed by atoms with Crippen LogP contribution in [0.5, 0.6) is 5.75 Å². The number of carboxylic acids is 1. The molecule has 0 fully saturated rings. The normalized spacial score (nSPS) is 11.5. The van der Waals surface area contributed by atoms with Crippen LogP contribution in [0.4, 0.5) is 0 Å². The van der Waals surface area contributed by atoms with Crippen molar-refractivity contribution in [3.8, 4) is 17.0 Å². The molecule has 1 atom stereocenters. The van der Waals surface area contributed by atoms with E-state index in [0.29, 0.717) is 21.8 Å². The Labute approximate surface area is 149 Å². The minimum Gasteiger partial charge on any atom is -0.508 e. The van der Waals surface area contributed by atoms with Crippen molar-refractivity contribution in [1.29, 1.82) is 0 Å². The molecule has 0 spiro atoms. The first kappa shape index (κ1) is 16.6.